The van der Waals surface area contributed by atoms with Crippen LogP contribution < -0.4 is 16.0 Å². The summed E-state index contributed by atoms with van der Waals surface area (Å²) in [6.45, 7) is 6.15. The van der Waals surface area contributed by atoms with Gasteiger partial charge in [-0.2, -0.15) is 4.98 Å². The van der Waals surface area contributed by atoms with Crippen LogP contribution in [0.3, 0.4) is 0 Å². The second kappa shape index (κ2) is 6.34. The predicted octanol–water partition coefficient (Wildman–Crippen LogP) is 3.12. The Morgan fingerprint density at radius 2 is 1.80 bits per heavy atom. The minimum Gasteiger partial charge on any atom is -0.439 e. The van der Waals surface area contributed by atoms with Crippen molar-refractivity contribution in [3.8, 4) is 11.6 Å². The van der Waals surface area contributed by atoms with Gasteiger partial charge in [0.15, 0.2) is 0 Å². The molecule has 0 fully saturated rings. The number of ether oxygens (including phenoxy) is 1. The first-order chi connectivity index (χ1) is 9.60. The fraction of sp³-hybridized carbons (Fsp3) is 0.333. The van der Waals surface area contributed by atoms with Crippen molar-refractivity contribution in [2.45, 2.75) is 33.6 Å². The maximum Gasteiger partial charge on any atom is 0.224 e. The number of hydrogen-bond donors (Lipinski definition) is 2. The highest BCUT2D eigenvalue weighted by atomic mass is 16.5. The first-order valence-corrected chi connectivity index (χ1v) is 6.71. The van der Waals surface area contributed by atoms with Crippen molar-refractivity contribution < 1.29 is 4.74 Å². The SMILES string of the molecule is CCCc1nc(NN)cc(Oc2cc(C)cc(C)c2)n1. The molecule has 0 aliphatic heterocycles. The van der Waals surface area contributed by atoms with E-state index in [-0.39, 0.29) is 0 Å². The van der Waals surface area contributed by atoms with Crippen LogP contribution in [0, 0.1) is 13.8 Å². The van der Waals surface area contributed by atoms with Gasteiger partial charge in [-0.1, -0.05) is 13.0 Å². The molecule has 0 atom stereocenters. The number of hydrogen-bond acceptors (Lipinski definition) is 5. The number of benzene rings is 1. The third kappa shape index (κ3) is 3.68. The van der Waals surface area contributed by atoms with Crippen LogP contribution in [-0.2, 0) is 6.42 Å². The molecule has 0 saturated carbocycles. The molecule has 3 N–H and O–H groups in total. The molecule has 0 aliphatic rings. The Bertz CT molecular complexity index is 578. The van der Waals surface area contributed by atoms with Crippen LogP contribution in [0.25, 0.3) is 0 Å². The van der Waals surface area contributed by atoms with Gasteiger partial charge in [-0.3, -0.25) is 0 Å². The van der Waals surface area contributed by atoms with Crippen molar-refractivity contribution in [2.75, 3.05) is 5.43 Å². The van der Waals surface area contributed by atoms with Crippen LogP contribution in [-0.4, -0.2) is 9.97 Å². The third-order valence-electron chi connectivity index (χ3n) is 2.79. The lowest BCUT2D eigenvalue weighted by atomic mass is 10.1. The predicted molar refractivity (Wildman–Crippen MR) is 79.8 cm³/mol. The van der Waals surface area contributed by atoms with Gasteiger partial charge >= 0.3 is 0 Å². The van der Waals surface area contributed by atoms with Crippen molar-refractivity contribution in [1.29, 1.82) is 0 Å². The minimum atomic E-state index is 0.501. The number of rotatable bonds is 5. The second-order valence-corrected chi connectivity index (χ2v) is 4.83. The molecule has 106 valence electrons. The third-order valence-corrected chi connectivity index (χ3v) is 2.79. The van der Waals surface area contributed by atoms with E-state index >= 15 is 0 Å². The highest BCUT2D eigenvalue weighted by molar-refractivity contribution is 5.40. The monoisotopic (exact) mass is 272 g/mol. The average molecular weight is 272 g/mol. The number of nitrogens with one attached hydrogen (secondary N) is 1. The Balaban J connectivity index is 2.29. The van der Waals surface area contributed by atoms with Gasteiger partial charge in [0.2, 0.25) is 5.88 Å². The van der Waals surface area contributed by atoms with E-state index in [0.717, 1.165) is 35.5 Å². The zero-order valence-corrected chi connectivity index (χ0v) is 12.1. The van der Waals surface area contributed by atoms with E-state index in [4.69, 9.17) is 10.6 Å². The van der Waals surface area contributed by atoms with Crippen molar-refractivity contribution in [3.05, 3.63) is 41.2 Å². The van der Waals surface area contributed by atoms with Crippen molar-refractivity contribution in [1.82, 2.24) is 9.97 Å². The molecular weight excluding hydrogens is 252 g/mol. The quantitative estimate of drug-likeness (QED) is 0.646. The first kappa shape index (κ1) is 14.3. The molecule has 0 amide bonds. The van der Waals surface area contributed by atoms with Crippen LogP contribution in [0.1, 0.15) is 30.3 Å². The molecule has 5 heteroatoms. The molecule has 0 radical (unpaired) electrons. The number of nitrogens with zero attached hydrogens (tertiary/aromatic N) is 2. The molecule has 5 nitrogen and oxygen atoms in total. The molecule has 0 aliphatic carbocycles. The van der Waals surface area contributed by atoms with Gasteiger partial charge in [0.05, 0.1) is 0 Å². The summed E-state index contributed by atoms with van der Waals surface area (Å²) in [5.41, 5.74) is 4.85. The Kier molecular flexibility index (Phi) is 4.53. The van der Waals surface area contributed by atoms with Crippen LogP contribution in [0.2, 0.25) is 0 Å². The Hall–Kier alpha value is -2.14. The van der Waals surface area contributed by atoms with Gasteiger partial charge in [-0.25, -0.2) is 10.8 Å². The van der Waals surface area contributed by atoms with Crippen LogP contribution >= 0.6 is 0 Å². The molecule has 20 heavy (non-hydrogen) atoms. The summed E-state index contributed by atoms with van der Waals surface area (Å²) in [7, 11) is 0. The number of aryl methyl sites for hydroxylation is 3. The zero-order valence-electron chi connectivity index (χ0n) is 12.1. The van der Waals surface area contributed by atoms with Crippen LogP contribution in [0.5, 0.6) is 11.6 Å². The topological polar surface area (TPSA) is 73.1 Å². The summed E-state index contributed by atoms with van der Waals surface area (Å²) in [6.07, 6.45) is 1.76. The van der Waals surface area contributed by atoms with Gasteiger partial charge in [-0.05, 0) is 43.5 Å². The number of aromatic nitrogens is 2. The van der Waals surface area contributed by atoms with Gasteiger partial charge in [0, 0.05) is 12.5 Å². The first-order valence-electron chi connectivity index (χ1n) is 6.71. The zero-order chi connectivity index (χ0) is 14.5. The molecule has 0 bridgehead atoms. The largest absolute Gasteiger partial charge is 0.439 e. The normalized spacial score (nSPS) is 10.4. The lowest BCUT2D eigenvalue weighted by molar-refractivity contribution is 0.458. The minimum absolute atomic E-state index is 0.501. The second-order valence-electron chi connectivity index (χ2n) is 4.83. The highest BCUT2D eigenvalue weighted by Crippen LogP contribution is 2.24. The summed E-state index contributed by atoms with van der Waals surface area (Å²) < 4.78 is 5.82. The summed E-state index contributed by atoms with van der Waals surface area (Å²) in [6, 6.07) is 7.74. The Morgan fingerprint density at radius 1 is 1.10 bits per heavy atom. The summed E-state index contributed by atoms with van der Waals surface area (Å²) >= 11 is 0. The van der Waals surface area contributed by atoms with E-state index in [1.807, 2.05) is 26.0 Å². The van der Waals surface area contributed by atoms with Crippen LogP contribution in [0.4, 0.5) is 5.82 Å². The van der Waals surface area contributed by atoms with E-state index in [1.54, 1.807) is 6.07 Å². The fourth-order valence-corrected chi connectivity index (χ4v) is 2.05. The van der Waals surface area contributed by atoms with Crippen molar-refractivity contribution in [2.24, 2.45) is 5.84 Å². The molecule has 0 saturated heterocycles. The standard InChI is InChI=1S/C15H20N4O/c1-4-5-13-17-14(19-16)9-15(18-13)20-12-7-10(2)6-11(3)8-12/h6-9H,4-5,16H2,1-3H3,(H,17,18,19). The number of anilines is 1. The van der Waals surface area contributed by atoms with Gasteiger partial charge < -0.3 is 10.2 Å². The maximum atomic E-state index is 5.82. The average Bonchev–Trinajstić information content (AvgIpc) is 2.37. The van der Waals surface area contributed by atoms with Crippen molar-refractivity contribution >= 4 is 5.82 Å². The number of nitrogen functional groups attached to an aromatic ring is 1. The molecule has 0 spiro atoms. The number of hydrazine groups is 1. The van der Waals surface area contributed by atoms with Crippen molar-refractivity contribution in [3.63, 3.8) is 0 Å². The lowest BCUT2D eigenvalue weighted by Crippen LogP contribution is -2.10. The number of nitrogens with two attached hydrogens (primary N) is 1. The Labute approximate surface area is 119 Å². The Morgan fingerprint density at radius 3 is 2.40 bits per heavy atom. The van der Waals surface area contributed by atoms with E-state index in [9.17, 15) is 0 Å². The molecule has 2 rings (SSSR count). The van der Waals surface area contributed by atoms with E-state index in [0.29, 0.717) is 11.7 Å². The smallest absolute Gasteiger partial charge is 0.224 e. The molecule has 2 aromatic rings. The fourth-order valence-electron chi connectivity index (χ4n) is 2.05. The summed E-state index contributed by atoms with van der Waals surface area (Å²) in [5.74, 6) is 7.98. The molecule has 1 aromatic heterocycles. The summed E-state index contributed by atoms with van der Waals surface area (Å²) in [4.78, 5) is 8.69. The molecule has 0 unspecified atom stereocenters. The lowest BCUT2D eigenvalue weighted by Gasteiger charge is -2.10. The van der Waals surface area contributed by atoms with Crippen LogP contribution in [0.15, 0.2) is 24.3 Å². The summed E-state index contributed by atoms with van der Waals surface area (Å²) in [5, 5.41) is 0. The van der Waals surface area contributed by atoms with Gasteiger partial charge in [-0.15, -0.1) is 0 Å². The van der Waals surface area contributed by atoms with E-state index in [1.165, 1.54) is 0 Å². The molecular formula is C15H20N4O. The molecule has 1 heterocycles. The van der Waals surface area contributed by atoms with Gasteiger partial charge in [0.25, 0.3) is 0 Å². The van der Waals surface area contributed by atoms with E-state index < -0.39 is 0 Å². The van der Waals surface area contributed by atoms with Gasteiger partial charge in [0.1, 0.15) is 17.4 Å². The molecule has 1 aromatic carbocycles. The maximum absolute atomic E-state index is 5.82. The highest BCUT2D eigenvalue weighted by Gasteiger charge is 2.06. The van der Waals surface area contributed by atoms with E-state index in [2.05, 4.69) is 28.4 Å².